The lowest BCUT2D eigenvalue weighted by atomic mass is 9.86. The third-order valence-corrected chi connectivity index (χ3v) is 5.70. The highest BCUT2D eigenvalue weighted by molar-refractivity contribution is 6.31. The van der Waals surface area contributed by atoms with Crippen LogP contribution >= 0.6 is 11.6 Å². The molecule has 1 aromatic heterocycles. The van der Waals surface area contributed by atoms with Gasteiger partial charge in [0.2, 0.25) is 5.88 Å². The van der Waals surface area contributed by atoms with Crippen molar-refractivity contribution in [2.24, 2.45) is 0 Å². The maximum Gasteiger partial charge on any atom is 0.271 e. The Morgan fingerprint density at radius 2 is 1.74 bits per heavy atom. The van der Waals surface area contributed by atoms with Gasteiger partial charge in [0, 0.05) is 10.6 Å². The number of aromatic hydroxyl groups is 1. The fourth-order valence-electron chi connectivity index (χ4n) is 3.43. The zero-order valence-corrected chi connectivity index (χ0v) is 18.6. The van der Waals surface area contributed by atoms with Crippen LogP contribution in [0.5, 0.6) is 5.88 Å². The standard InChI is InChI=1S/C25H23ClN2O3/c1-15-19(13-27)23(30)28(14-17-7-5-6-8-20(17)26)24(31)21(15)22(29)16-9-11-18(12-10-16)25(2,3)4/h5-12,31H,14H2,1-4H3. The minimum Gasteiger partial charge on any atom is -0.494 e. The van der Waals surface area contributed by atoms with E-state index in [9.17, 15) is 20.0 Å². The molecular weight excluding hydrogens is 412 g/mol. The van der Waals surface area contributed by atoms with Crippen molar-refractivity contribution in [3.63, 3.8) is 0 Å². The quantitative estimate of drug-likeness (QED) is 0.588. The molecule has 1 N–H and O–H groups in total. The minimum absolute atomic E-state index is 0.0632. The average Bonchev–Trinajstić information content (AvgIpc) is 2.72. The van der Waals surface area contributed by atoms with Crippen LogP contribution in [0.2, 0.25) is 5.02 Å². The number of hydrogen-bond donors (Lipinski definition) is 1. The summed E-state index contributed by atoms with van der Waals surface area (Å²) in [6.45, 7) is 7.65. The molecule has 0 saturated heterocycles. The number of aromatic nitrogens is 1. The second-order valence-corrected chi connectivity index (χ2v) is 8.86. The Morgan fingerprint density at radius 3 is 2.29 bits per heavy atom. The molecule has 6 heteroatoms. The molecule has 1 heterocycles. The van der Waals surface area contributed by atoms with E-state index in [0.717, 1.165) is 10.1 Å². The molecule has 0 atom stereocenters. The molecule has 158 valence electrons. The number of carbonyl (C=O) groups excluding carboxylic acids is 1. The molecule has 3 aromatic rings. The summed E-state index contributed by atoms with van der Waals surface area (Å²) in [5.74, 6) is -0.939. The zero-order valence-electron chi connectivity index (χ0n) is 17.9. The first-order chi connectivity index (χ1) is 14.6. The first-order valence-corrected chi connectivity index (χ1v) is 10.2. The smallest absolute Gasteiger partial charge is 0.271 e. The van der Waals surface area contributed by atoms with Crippen LogP contribution in [0.3, 0.4) is 0 Å². The molecule has 5 nitrogen and oxygen atoms in total. The lowest BCUT2D eigenvalue weighted by Crippen LogP contribution is -2.27. The number of benzene rings is 2. The van der Waals surface area contributed by atoms with Gasteiger partial charge in [-0.25, -0.2) is 0 Å². The molecule has 0 amide bonds. The summed E-state index contributed by atoms with van der Waals surface area (Å²) in [5.41, 5.74) is 1.18. The third kappa shape index (κ3) is 4.26. The number of pyridine rings is 1. The van der Waals surface area contributed by atoms with Gasteiger partial charge < -0.3 is 5.11 Å². The highest BCUT2D eigenvalue weighted by atomic mass is 35.5. The minimum atomic E-state index is -0.669. The third-order valence-electron chi connectivity index (χ3n) is 5.33. The molecule has 31 heavy (non-hydrogen) atoms. The Balaban J connectivity index is 2.16. The predicted octanol–water partition coefficient (Wildman–Crippen LogP) is 4.96. The lowest BCUT2D eigenvalue weighted by molar-refractivity contribution is 0.103. The number of halogens is 1. The number of nitriles is 1. The fraction of sp³-hybridized carbons (Fsp3) is 0.240. The summed E-state index contributed by atoms with van der Waals surface area (Å²) in [6.07, 6.45) is 0. The summed E-state index contributed by atoms with van der Waals surface area (Å²) in [4.78, 5) is 26.1. The van der Waals surface area contributed by atoms with Crippen LogP contribution in [0.4, 0.5) is 0 Å². The van der Waals surface area contributed by atoms with Gasteiger partial charge in [-0.1, -0.05) is 74.8 Å². The second kappa shape index (κ2) is 8.41. The maximum absolute atomic E-state index is 13.3. The monoisotopic (exact) mass is 434 g/mol. The van der Waals surface area contributed by atoms with Gasteiger partial charge in [-0.2, -0.15) is 5.26 Å². The van der Waals surface area contributed by atoms with Crippen molar-refractivity contribution >= 4 is 17.4 Å². The highest BCUT2D eigenvalue weighted by Gasteiger charge is 2.25. The second-order valence-electron chi connectivity index (χ2n) is 8.45. The van der Waals surface area contributed by atoms with Gasteiger partial charge in [0.1, 0.15) is 11.6 Å². The van der Waals surface area contributed by atoms with Gasteiger partial charge >= 0.3 is 0 Å². The van der Waals surface area contributed by atoms with Gasteiger partial charge in [-0.3, -0.25) is 14.2 Å². The van der Waals surface area contributed by atoms with Crippen LogP contribution in [0.15, 0.2) is 53.3 Å². The Kier molecular flexibility index (Phi) is 6.06. The summed E-state index contributed by atoms with van der Waals surface area (Å²) >= 11 is 6.20. The summed E-state index contributed by atoms with van der Waals surface area (Å²) in [6, 6.07) is 15.9. The Labute approximate surface area is 186 Å². The van der Waals surface area contributed by atoms with Crippen LogP contribution in [0.25, 0.3) is 0 Å². The van der Waals surface area contributed by atoms with Crippen LogP contribution in [0.1, 0.15) is 58.9 Å². The van der Waals surface area contributed by atoms with E-state index in [0.29, 0.717) is 16.1 Å². The normalized spacial score (nSPS) is 11.2. The van der Waals surface area contributed by atoms with E-state index in [2.05, 4.69) is 20.8 Å². The van der Waals surface area contributed by atoms with Gasteiger partial charge in [-0.15, -0.1) is 0 Å². The van der Waals surface area contributed by atoms with Crippen molar-refractivity contribution in [1.82, 2.24) is 4.57 Å². The predicted molar refractivity (Wildman–Crippen MR) is 121 cm³/mol. The largest absolute Gasteiger partial charge is 0.494 e. The lowest BCUT2D eigenvalue weighted by Gasteiger charge is -2.19. The summed E-state index contributed by atoms with van der Waals surface area (Å²) in [5, 5.41) is 20.9. The molecular formula is C25H23ClN2O3. The molecule has 0 spiro atoms. The topological polar surface area (TPSA) is 83.1 Å². The summed E-state index contributed by atoms with van der Waals surface area (Å²) in [7, 11) is 0. The van der Waals surface area contributed by atoms with E-state index in [1.165, 1.54) is 6.92 Å². The fourth-order valence-corrected chi connectivity index (χ4v) is 3.63. The Bertz CT molecular complexity index is 1260. The molecule has 0 aliphatic carbocycles. The first kappa shape index (κ1) is 22.3. The van der Waals surface area contributed by atoms with E-state index >= 15 is 0 Å². The number of ketones is 1. The van der Waals surface area contributed by atoms with Crippen LogP contribution in [0, 0.1) is 18.3 Å². The van der Waals surface area contributed by atoms with Crippen LogP contribution < -0.4 is 5.56 Å². The van der Waals surface area contributed by atoms with Gasteiger partial charge in [0.15, 0.2) is 5.78 Å². The van der Waals surface area contributed by atoms with E-state index < -0.39 is 17.2 Å². The van der Waals surface area contributed by atoms with Gasteiger partial charge in [0.25, 0.3) is 5.56 Å². The van der Waals surface area contributed by atoms with Gasteiger partial charge in [0.05, 0.1) is 12.1 Å². The number of hydrogen-bond acceptors (Lipinski definition) is 4. The molecule has 0 fully saturated rings. The van der Waals surface area contributed by atoms with Crippen molar-refractivity contribution in [1.29, 1.82) is 5.26 Å². The SMILES string of the molecule is Cc1c(C(=O)c2ccc(C(C)(C)C)cc2)c(O)n(Cc2ccccc2Cl)c(=O)c1C#N. The van der Waals surface area contributed by atoms with E-state index in [-0.39, 0.29) is 28.7 Å². The molecule has 3 rings (SSSR count). The van der Waals surface area contributed by atoms with Crippen LogP contribution in [-0.4, -0.2) is 15.5 Å². The van der Waals surface area contributed by atoms with Crippen LogP contribution in [-0.2, 0) is 12.0 Å². The Hall–Kier alpha value is -3.36. The molecule has 0 aliphatic rings. The first-order valence-electron chi connectivity index (χ1n) is 9.81. The molecule has 0 bridgehead atoms. The highest BCUT2D eigenvalue weighted by Crippen LogP contribution is 2.28. The molecule has 2 aromatic carbocycles. The zero-order chi connectivity index (χ0) is 22.9. The van der Waals surface area contributed by atoms with Crippen molar-refractivity contribution in [2.45, 2.75) is 39.7 Å². The molecule has 0 aliphatic heterocycles. The number of nitrogens with zero attached hydrogens (tertiary/aromatic N) is 2. The number of carbonyl (C=O) groups is 1. The van der Waals surface area contributed by atoms with Gasteiger partial charge in [-0.05, 0) is 35.1 Å². The molecule has 0 saturated carbocycles. The van der Waals surface area contributed by atoms with E-state index in [1.807, 2.05) is 18.2 Å². The maximum atomic E-state index is 13.3. The average molecular weight is 435 g/mol. The van der Waals surface area contributed by atoms with E-state index in [4.69, 9.17) is 11.6 Å². The van der Waals surface area contributed by atoms with Crippen molar-refractivity contribution in [2.75, 3.05) is 0 Å². The number of rotatable bonds is 4. The summed E-state index contributed by atoms with van der Waals surface area (Å²) < 4.78 is 1.02. The van der Waals surface area contributed by atoms with Crippen molar-refractivity contribution in [3.8, 4) is 11.9 Å². The van der Waals surface area contributed by atoms with Crippen molar-refractivity contribution in [3.05, 3.63) is 97.3 Å². The molecule has 0 radical (unpaired) electrons. The van der Waals surface area contributed by atoms with Crippen molar-refractivity contribution < 1.29 is 9.90 Å². The van der Waals surface area contributed by atoms with E-state index in [1.54, 1.807) is 36.4 Å². The Morgan fingerprint density at radius 1 is 1.13 bits per heavy atom. The molecule has 0 unspecified atom stereocenters.